The molecule has 6 nitrogen and oxygen atoms in total. The minimum absolute atomic E-state index is 0.00939. The first-order valence-electron chi connectivity index (χ1n) is 6.41. The number of halogens is 1. The SMILES string of the molecule is Cc1nc(C)c(-c2nsc(-c3cc(O)c(C(=O)O)cc3F)n2)s1. The molecule has 0 amide bonds. The molecule has 0 fully saturated rings. The van der Waals surface area contributed by atoms with Crippen LogP contribution in [-0.2, 0) is 0 Å². The third kappa shape index (κ3) is 2.80. The summed E-state index contributed by atoms with van der Waals surface area (Å²) in [5.41, 5.74) is 0.307. The number of carboxylic acid groups (broad SMARTS) is 1. The number of hydrogen-bond acceptors (Lipinski definition) is 7. The normalized spacial score (nSPS) is 10.9. The zero-order valence-electron chi connectivity index (χ0n) is 12.0. The number of aryl methyl sites for hydroxylation is 2. The van der Waals surface area contributed by atoms with Gasteiger partial charge in [0.15, 0.2) is 5.82 Å². The summed E-state index contributed by atoms with van der Waals surface area (Å²) in [6.07, 6.45) is 0. The van der Waals surface area contributed by atoms with E-state index < -0.39 is 23.1 Å². The third-order valence-electron chi connectivity index (χ3n) is 3.08. The smallest absolute Gasteiger partial charge is 0.339 e. The van der Waals surface area contributed by atoms with E-state index in [9.17, 15) is 14.3 Å². The standard InChI is InChI=1S/C14H10FN3O3S2/c1-5-11(22-6(2)16-5)12-17-13(23-18-12)7-4-10(19)8(14(20)21)3-9(7)15/h3-4,19H,1-2H3,(H,20,21). The molecule has 0 unspecified atom stereocenters. The molecular weight excluding hydrogens is 341 g/mol. The predicted octanol–water partition coefficient (Wildman–Crippen LogP) is 3.49. The van der Waals surface area contributed by atoms with Gasteiger partial charge in [-0.3, -0.25) is 0 Å². The Morgan fingerprint density at radius 2 is 2.00 bits per heavy atom. The van der Waals surface area contributed by atoms with Gasteiger partial charge in [0.05, 0.1) is 21.1 Å². The summed E-state index contributed by atoms with van der Waals surface area (Å²) in [5, 5.41) is 19.7. The molecule has 118 valence electrons. The van der Waals surface area contributed by atoms with Gasteiger partial charge < -0.3 is 10.2 Å². The first-order chi connectivity index (χ1) is 10.9. The lowest BCUT2D eigenvalue weighted by Crippen LogP contribution is -1.98. The highest BCUT2D eigenvalue weighted by Crippen LogP contribution is 2.34. The monoisotopic (exact) mass is 351 g/mol. The lowest BCUT2D eigenvalue weighted by molar-refractivity contribution is 0.0693. The van der Waals surface area contributed by atoms with E-state index >= 15 is 0 Å². The van der Waals surface area contributed by atoms with Gasteiger partial charge in [-0.15, -0.1) is 11.3 Å². The molecule has 0 radical (unpaired) electrons. The molecule has 1 aromatic carbocycles. The maximum atomic E-state index is 14.1. The van der Waals surface area contributed by atoms with Crippen LogP contribution in [0.3, 0.4) is 0 Å². The second-order valence-electron chi connectivity index (χ2n) is 4.72. The molecule has 2 aromatic heterocycles. The Morgan fingerprint density at radius 3 is 2.61 bits per heavy atom. The van der Waals surface area contributed by atoms with Crippen molar-refractivity contribution in [3.63, 3.8) is 0 Å². The summed E-state index contributed by atoms with van der Waals surface area (Å²) >= 11 is 2.41. The molecule has 0 atom stereocenters. The van der Waals surface area contributed by atoms with E-state index in [0.29, 0.717) is 5.82 Å². The molecule has 0 aliphatic heterocycles. The molecule has 0 aliphatic rings. The Morgan fingerprint density at radius 1 is 1.26 bits per heavy atom. The summed E-state index contributed by atoms with van der Waals surface area (Å²) in [4.78, 5) is 20.3. The number of rotatable bonds is 3. The van der Waals surface area contributed by atoms with E-state index in [2.05, 4.69) is 14.3 Å². The molecule has 3 rings (SSSR count). The van der Waals surface area contributed by atoms with Gasteiger partial charge >= 0.3 is 5.97 Å². The van der Waals surface area contributed by atoms with Crippen LogP contribution in [0.1, 0.15) is 21.1 Å². The maximum absolute atomic E-state index is 14.1. The van der Waals surface area contributed by atoms with Crippen molar-refractivity contribution < 1.29 is 19.4 Å². The second-order valence-corrected chi connectivity index (χ2v) is 6.68. The van der Waals surface area contributed by atoms with Crippen LogP contribution < -0.4 is 0 Å². The van der Waals surface area contributed by atoms with Crippen molar-refractivity contribution >= 4 is 28.8 Å². The number of benzene rings is 1. The van der Waals surface area contributed by atoms with Crippen LogP contribution in [0, 0.1) is 19.7 Å². The van der Waals surface area contributed by atoms with Crippen LogP contribution in [0.25, 0.3) is 21.3 Å². The van der Waals surface area contributed by atoms with E-state index in [1.807, 2.05) is 13.8 Å². The van der Waals surface area contributed by atoms with E-state index in [1.165, 1.54) is 11.3 Å². The van der Waals surface area contributed by atoms with Crippen molar-refractivity contribution in [2.24, 2.45) is 0 Å². The number of phenols is 1. The summed E-state index contributed by atoms with van der Waals surface area (Å²) in [6, 6.07) is 1.82. The van der Waals surface area contributed by atoms with Gasteiger partial charge in [0.2, 0.25) is 0 Å². The van der Waals surface area contributed by atoms with Gasteiger partial charge in [0.1, 0.15) is 22.1 Å². The van der Waals surface area contributed by atoms with Gasteiger partial charge in [-0.25, -0.2) is 19.2 Å². The van der Waals surface area contributed by atoms with Gasteiger partial charge in [0, 0.05) is 0 Å². The number of aromatic carboxylic acids is 1. The fraction of sp³-hybridized carbons (Fsp3) is 0.143. The lowest BCUT2D eigenvalue weighted by Gasteiger charge is -2.03. The Labute approximate surface area is 138 Å². The number of aromatic nitrogens is 3. The molecule has 0 saturated heterocycles. The first kappa shape index (κ1) is 15.5. The van der Waals surface area contributed by atoms with Gasteiger partial charge in [-0.1, -0.05) is 0 Å². The Hall–Kier alpha value is -2.39. The zero-order chi connectivity index (χ0) is 16.7. The van der Waals surface area contributed by atoms with E-state index in [1.54, 1.807) is 0 Å². The Bertz CT molecular complexity index is 920. The van der Waals surface area contributed by atoms with Crippen molar-refractivity contribution in [2.75, 3.05) is 0 Å². The van der Waals surface area contributed by atoms with Crippen molar-refractivity contribution in [3.05, 3.63) is 34.2 Å². The summed E-state index contributed by atoms with van der Waals surface area (Å²) in [5.74, 6) is -2.26. The van der Waals surface area contributed by atoms with Crippen molar-refractivity contribution in [1.82, 2.24) is 14.3 Å². The van der Waals surface area contributed by atoms with Crippen LogP contribution in [0.2, 0.25) is 0 Å². The van der Waals surface area contributed by atoms with Crippen LogP contribution in [0.15, 0.2) is 12.1 Å². The number of carboxylic acids is 1. The predicted molar refractivity (Wildman–Crippen MR) is 84.5 cm³/mol. The number of hydrogen-bond donors (Lipinski definition) is 2. The van der Waals surface area contributed by atoms with E-state index in [0.717, 1.165) is 39.2 Å². The van der Waals surface area contributed by atoms with Gasteiger partial charge in [-0.05, 0) is 37.5 Å². The molecule has 9 heteroatoms. The topological polar surface area (TPSA) is 96.2 Å². The van der Waals surface area contributed by atoms with Crippen LogP contribution in [0.5, 0.6) is 5.75 Å². The van der Waals surface area contributed by atoms with Crippen molar-refractivity contribution in [1.29, 1.82) is 0 Å². The molecule has 0 spiro atoms. The largest absolute Gasteiger partial charge is 0.507 e. The molecule has 0 aliphatic carbocycles. The third-order valence-corrected chi connectivity index (χ3v) is 4.90. The molecule has 2 heterocycles. The van der Waals surface area contributed by atoms with Crippen LogP contribution in [0.4, 0.5) is 4.39 Å². The highest BCUT2D eigenvalue weighted by molar-refractivity contribution is 7.15. The van der Waals surface area contributed by atoms with Crippen LogP contribution >= 0.6 is 22.9 Å². The highest BCUT2D eigenvalue weighted by atomic mass is 32.1. The molecule has 3 aromatic rings. The summed E-state index contributed by atoms with van der Waals surface area (Å²) in [6.45, 7) is 3.71. The molecule has 0 bridgehead atoms. The summed E-state index contributed by atoms with van der Waals surface area (Å²) in [7, 11) is 0. The van der Waals surface area contributed by atoms with E-state index in [-0.39, 0.29) is 10.6 Å². The lowest BCUT2D eigenvalue weighted by atomic mass is 10.1. The van der Waals surface area contributed by atoms with E-state index in [4.69, 9.17) is 5.11 Å². The zero-order valence-corrected chi connectivity index (χ0v) is 13.6. The maximum Gasteiger partial charge on any atom is 0.339 e. The number of nitrogens with zero attached hydrogens (tertiary/aromatic N) is 3. The van der Waals surface area contributed by atoms with Gasteiger partial charge in [-0.2, -0.15) is 4.37 Å². The number of thiazole rings is 1. The average molecular weight is 351 g/mol. The molecule has 0 saturated carbocycles. The fourth-order valence-electron chi connectivity index (χ4n) is 2.06. The minimum Gasteiger partial charge on any atom is -0.507 e. The fourth-order valence-corrected chi connectivity index (χ4v) is 3.66. The first-order valence-corrected chi connectivity index (χ1v) is 8.00. The number of carbonyl (C=O) groups is 1. The summed E-state index contributed by atoms with van der Waals surface area (Å²) < 4.78 is 18.3. The Balaban J connectivity index is 2.06. The quantitative estimate of drug-likeness (QED) is 0.750. The highest BCUT2D eigenvalue weighted by Gasteiger charge is 2.20. The van der Waals surface area contributed by atoms with Crippen LogP contribution in [-0.4, -0.2) is 30.5 Å². The van der Waals surface area contributed by atoms with Crippen molar-refractivity contribution in [3.8, 4) is 27.0 Å². The minimum atomic E-state index is -1.40. The Kier molecular flexibility index (Phi) is 3.82. The molecule has 23 heavy (non-hydrogen) atoms. The molecular formula is C14H10FN3O3S2. The average Bonchev–Trinajstić information content (AvgIpc) is 3.07. The van der Waals surface area contributed by atoms with Crippen molar-refractivity contribution in [2.45, 2.75) is 13.8 Å². The second kappa shape index (κ2) is 5.67. The van der Waals surface area contributed by atoms with Gasteiger partial charge in [0.25, 0.3) is 0 Å². The molecule has 2 N–H and O–H groups in total. The number of aromatic hydroxyl groups is 1.